The van der Waals surface area contributed by atoms with Gasteiger partial charge in [0.15, 0.2) is 0 Å². The number of benzene rings is 2. The van der Waals surface area contributed by atoms with Crippen LogP contribution in [-0.4, -0.2) is 24.5 Å². The molecule has 0 saturated carbocycles. The van der Waals surface area contributed by atoms with Crippen molar-refractivity contribution in [2.24, 2.45) is 0 Å². The van der Waals surface area contributed by atoms with E-state index in [9.17, 15) is 13.2 Å². The largest absolute Gasteiger partial charge is 0.338 e. The zero-order valence-corrected chi connectivity index (χ0v) is 17.2. The first kappa shape index (κ1) is 20.7. The van der Waals surface area contributed by atoms with Gasteiger partial charge in [-0.3, -0.25) is 4.79 Å². The van der Waals surface area contributed by atoms with Gasteiger partial charge in [-0.15, -0.1) is 0 Å². The van der Waals surface area contributed by atoms with Gasteiger partial charge >= 0.3 is 0 Å². The molecule has 1 amide bonds. The summed E-state index contributed by atoms with van der Waals surface area (Å²) in [6.45, 7) is 5.47. The van der Waals surface area contributed by atoms with E-state index < -0.39 is 10.0 Å². The van der Waals surface area contributed by atoms with E-state index in [4.69, 9.17) is 4.52 Å². The standard InChI is InChI=1S/C20H22N4O4S/c1-13(2)15-4-6-16(7-5-15)20-23-19(28-24-20)12-21-29(26,27)18-10-8-17(9-11-18)22-14(3)25/h4-11,13,21H,12H2,1-3H3,(H,22,25). The summed E-state index contributed by atoms with van der Waals surface area (Å²) in [7, 11) is -3.76. The fourth-order valence-electron chi connectivity index (χ4n) is 2.62. The van der Waals surface area contributed by atoms with E-state index >= 15 is 0 Å². The molecule has 9 heteroatoms. The quantitative estimate of drug-likeness (QED) is 0.613. The summed E-state index contributed by atoms with van der Waals surface area (Å²) in [5.74, 6) is 0.747. The third-order valence-corrected chi connectivity index (χ3v) is 5.62. The Morgan fingerprint density at radius 3 is 2.31 bits per heavy atom. The predicted octanol–water partition coefficient (Wildman–Crippen LogP) is 3.30. The van der Waals surface area contributed by atoms with Crippen LogP contribution in [-0.2, 0) is 21.4 Å². The second-order valence-corrected chi connectivity index (χ2v) is 8.59. The predicted molar refractivity (Wildman–Crippen MR) is 109 cm³/mol. The number of nitrogens with one attached hydrogen (secondary N) is 2. The van der Waals surface area contributed by atoms with Crippen molar-refractivity contribution in [1.29, 1.82) is 0 Å². The number of nitrogens with zero attached hydrogens (tertiary/aromatic N) is 2. The van der Waals surface area contributed by atoms with E-state index in [2.05, 4.69) is 34.0 Å². The minimum atomic E-state index is -3.76. The van der Waals surface area contributed by atoms with E-state index in [0.717, 1.165) is 5.56 Å². The summed E-state index contributed by atoms with van der Waals surface area (Å²) in [5.41, 5.74) is 2.51. The van der Waals surface area contributed by atoms with Gasteiger partial charge in [0.25, 0.3) is 0 Å². The van der Waals surface area contributed by atoms with E-state index in [1.807, 2.05) is 24.3 Å². The van der Waals surface area contributed by atoms with Crippen LogP contribution in [0.5, 0.6) is 0 Å². The summed E-state index contributed by atoms with van der Waals surface area (Å²) in [5, 5.41) is 6.49. The average molecular weight is 414 g/mol. The van der Waals surface area contributed by atoms with Gasteiger partial charge in [-0.1, -0.05) is 43.3 Å². The number of hydrogen-bond donors (Lipinski definition) is 2. The molecule has 0 aliphatic heterocycles. The van der Waals surface area contributed by atoms with Crippen LogP contribution in [0.1, 0.15) is 38.1 Å². The van der Waals surface area contributed by atoms with Gasteiger partial charge in [0.2, 0.25) is 27.6 Å². The Kier molecular flexibility index (Phi) is 6.09. The highest BCUT2D eigenvalue weighted by molar-refractivity contribution is 7.89. The van der Waals surface area contributed by atoms with E-state index in [0.29, 0.717) is 17.4 Å². The lowest BCUT2D eigenvalue weighted by Gasteiger charge is -2.06. The topological polar surface area (TPSA) is 114 Å². The molecule has 152 valence electrons. The Morgan fingerprint density at radius 1 is 1.07 bits per heavy atom. The molecule has 0 bridgehead atoms. The monoisotopic (exact) mass is 414 g/mol. The van der Waals surface area contributed by atoms with Crippen LogP contribution in [0, 0.1) is 0 Å². The third-order valence-electron chi connectivity index (χ3n) is 4.20. The first-order chi connectivity index (χ1) is 13.7. The van der Waals surface area contributed by atoms with Crippen LogP contribution >= 0.6 is 0 Å². The first-order valence-corrected chi connectivity index (χ1v) is 10.5. The molecule has 0 spiro atoms. The Morgan fingerprint density at radius 2 is 1.72 bits per heavy atom. The minimum Gasteiger partial charge on any atom is -0.338 e. The average Bonchev–Trinajstić information content (AvgIpc) is 3.16. The Bertz CT molecular complexity index is 1090. The van der Waals surface area contributed by atoms with Crippen LogP contribution < -0.4 is 10.0 Å². The molecule has 1 heterocycles. The molecule has 0 radical (unpaired) electrons. The highest BCUT2D eigenvalue weighted by Gasteiger charge is 2.16. The van der Waals surface area contributed by atoms with Crippen LogP contribution in [0.2, 0.25) is 0 Å². The van der Waals surface area contributed by atoms with Gasteiger partial charge in [-0.2, -0.15) is 4.98 Å². The lowest BCUT2D eigenvalue weighted by Crippen LogP contribution is -2.23. The molecule has 2 N–H and O–H groups in total. The van der Waals surface area contributed by atoms with Crippen molar-refractivity contribution < 1.29 is 17.7 Å². The zero-order valence-electron chi connectivity index (χ0n) is 16.3. The van der Waals surface area contributed by atoms with Crippen LogP contribution in [0.25, 0.3) is 11.4 Å². The number of rotatable bonds is 7. The summed E-state index contributed by atoms with van der Waals surface area (Å²) >= 11 is 0. The molecular formula is C20H22N4O4S. The molecule has 0 aliphatic carbocycles. The molecule has 2 aromatic carbocycles. The number of anilines is 1. The van der Waals surface area contributed by atoms with Gasteiger partial charge < -0.3 is 9.84 Å². The maximum absolute atomic E-state index is 12.4. The Balaban J connectivity index is 1.66. The van der Waals surface area contributed by atoms with Gasteiger partial charge in [0.1, 0.15) is 0 Å². The SMILES string of the molecule is CC(=O)Nc1ccc(S(=O)(=O)NCc2nc(-c3ccc(C(C)C)cc3)no2)cc1. The number of amides is 1. The molecule has 0 unspecified atom stereocenters. The summed E-state index contributed by atoms with van der Waals surface area (Å²) in [6, 6.07) is 13.7. The van der Waals surface area contributed by atoms with E-state index in [-0.39, 0.29) is 23.2 Å². The van der Waals surface area contributed by atoms with Crippen LogP contribution in [0.15, 0.2) is 57.9 Å². The van der Waals surface area contributed by atoms with Gasteiger partial charge in [0, 0.05) is 18.2 Å². The number of carbonyl (C=O) groups is 1. The lowest BCUT2D eigenvalue weighted by molar-refractivity contribution is -0.114. The fraction of sp³-hybridized carbons (Fsp3) is 0.250. The van der Waals surface area contributed by atoms with E-state index in [1.54, 1.807) is 0 Å². The smallest absolute Gasteiger partial charge is 0.242 e. The molecule has 0 fully saturated rings. The number of sulfonamides is 1. The molecule has 1 aromatic heterocycles. The second kappa shape index (κ2) is 8.54. The summed E-state index contributed by atoms with van der Waals surface area (Å²) < 4.78 is 32.4. The summed E-state index contributed by atoms with van der Waals surface area (Å²) in [6.07, 6.45) is 0. The highest BCUT2D eigenvalue weighted by Crippen LogP contribution is 2.21. The maximum Gasteiger partial charge on any atom is 0.242 e. The molecular weight excluding hydrogens is 392 g/mol. The second-order valence-electron chi connectivity index (χ2n) is 6.82. The van der Waals surface area contributed by atoms with Gasteiger partial charge in [-0.05, 0) is 35.7 Å². The minimum absolute atomic E-state index is 0.0654. The molecule has 0 atom stereocenters. The highest BCUT2D eigenvalue weighted by atomic mass is 32.2. The number of carbonyl (C=O) groups excluding carboxylic acids is 1. The van der Waals surface area contributed by atoms with Crippen molar-refractivity contribution in [3.05, 3.63) is 60.0 Å². The van der Waals surface area contributed by atoms with Crippen molar-refractivity contribution in [1.82, 2.24) is 14.9 Å². The fourth-order valence-corrected chi connectivity index (χ4v) is 3.60. The van der Waals surface area contributed by atoms with Crippen LogP contribution in [0.4, 0.5) is 5.69 Å². The van der Waals surface area contributed by atoms with Gasteiger partial charge in [0.05, 0.1) is 11.4 Å². The first-order valence-electron chi connectivity index (χ1n) is 9.05. The molecule has 0 aliphatic rings. The zero-order chi connectivity index (χ0) is 21.0. The molecule has 3 aromatic rings. The van der Waals surface area contributed by atoms with Crippen molar-refractivity contribution in [3.8, 4) is 11.4 Å². The lowest BCUT2D eigenvalue weighted by atomic mass is 10.0. The molecule has 29 heavy (non-hydrogen) atoms. The van der Waals surface area contributed by atoms with Crippen molar-refractivity contribution >= 4 is 21.6 Å². The van der Waals surface area contributed by atoms with Crippen molar-refractivity contribution in [2.45, 2.75) is 38.1 Å². The number of hydrogen-bond acceptors (Lipinski definition) is 6. The number of aromatic nitrogens is 2. The third kappa shape index (κ3) is 5.27. The molecule has 0 saturated heterocycles. The normalized spacial score (nSPS) is 11.6. The van der Waals surface area contributed by atoms with E-state index in [1.165, 1.54) is 36.8 Å². The Hall–Kier alpha value is -3.04. The van der Waals surface area contributed by atoms with Crippen molar-refractivity contribution in [3.63, 3.8) is 0 Å². The van der Waals surface area contributed by atoms with Crippen LogP contribution in [0.3, 0.4) is 0 Å². The molecule has 8 nitrogen and oxygen atoms in total. The summed E-state index contributed by atoms with van der Waals surface area (Å²) in [4.78, 5) is 15.4. The molecule has 3 rings (SSSR count). The Labute approximate surface area is 169 Å². The van der Waals surface area contributed by atoms with Crippen molar-refractivity contribution in [2.75, 3.05) is 5.32 Å². The van der Waals surface area contributed by atoms with Gasteiger partial charge in [-0.25, -0.2) is 13.1 Å². The maximum atomic E-state index is 12.4.